The highest BCUT2D eigenvalue weighted by Gasteiger charge is 2.28. The first-order chi connectivity index (χ1) is 14.1. The summed E-state index contributed by atoms with van der Waals surface area (Å²) in [6.45, 7) is 8.15. The van der Waals surface area contributed by atoms with E-state index in [1.807, 2.05) is 18.2 Å². The first-order valence-corrected chi connectivity index (χ1v) is 11.9. The molecule has 31 heavy (non-hydrogen) atoms. The molecule has 2 N–H and O–H groups in total. The Morgan fingerprint density at radius 3 is 2.32 bits per heavy atom. The Labute approximate surface area is 204 Å². The number of hydrogen-bond acceptors (Lipinski definition) is 6. The Morgan fingerprint density at radius 2 is 1.81 bits per heavy atom. The van der Waals surface area contributed by atoms with E-state index in [1.54, 1.807) is 42.0 Å². The molecule has 1 atom stereocenters. The van der Waals surface area contributed by atoms with Crippen molar-refractivity contribution >= 4 is 39.8 Å². The molecule has 1 unspecified atom stereocenters. The molecule has 0 radical (unpaired) electrons. The van der Waals surface area contributed by atoms with Gasteiger partial charge in [0.25, 0.3) is 0 Å². The zero-order chi connectivity index (χ0) is 22.4. The summed E-state index contributed by atoms with van der Waals surface area (Å²) in [5, 5.41) is 6.53. The number of halogens is 1. The highest BCUT2D eigenvalue weighted by atomic mass is 127. The first kappa shape index (κ1) is 27.8. The van der Waals surface area contributed by atoms with Crippen LogP contribution >= 0.6 is 24.0 Å². The SMILES string of the molecule is CN=C(NCCS(=O)(=O)C(C)(C)C)NC1CCN(Cc2cc(OC)cc(OC)c2)C1.I. The van der Waals surface area contributed by atoms with Gasteiger partial charge in [-0.05, 0) is 44.9 Å². The van der Waals surface area contributed by atoms with Crippen LogP contribution in [0, 0.1) is 0 Å². The number of ether oxygens (including phenoxy) is 2. The van der Waals surface area contributed by atoms with E-state index in [1.165, 1.54) is 0 Å². The van der Waals surface area contributed by atoms with Gasteiger partial charge in [0.1, 0.15) is 11.5 Å². The number of nitrogens with zero attached hydrogens (tertiary/aromatic N) is 2. The Balaban J connectivity index is 0.00000480. The molecule has 1 heterocycles. The number of rotatable bonds is 8. The molecule has 1 aliphatic heterocycles. The quantitative estimate of drug-likeness (QED) is 0.283. The van der Waals surface area contributed by atoms with Crippen molar-refractivity contribution in [2.75, 3.05) is 46.7 Å². The molecule has 0 aromatic heterocycles. The molecule has 10 heteroatoms. The van der Waals surface area contributed by atoms with Gasteiger partial charge in [-0.25, -0.2) is 8.42 Å². The first-order valence-electron chi connectivity index (χ1n) is 10.2. The van der Waals surface area contributed by atoms with E-state index in [0.29, 0.717) is 12.5 Å². The highest BCUT2D eigenvalue weighted by Crippen LogP contribution is 2.24. The van der Waals surface area contributed by atoms with Gasteiger partial charge in [-0.1, -0.05) is 0 Å². The molecular weight excluding hydrogens is 531 g/mol. The maximum absolute atomic E-state index is 12.2. The fourth-order valence-electron chi connectivity index (χ4n) is 3.31. The van der Waals surface area contributed by atoms with Crippen LogP contribution < -0.4 is 20.1 Å². The molecule has 0 bridgehead atoms. The second kappa shape index (κ2) is 12.1. The average Bonchev–Trinajstić information content (AvgIpc) is 3.12. The molecule has 0 spiro atoms. The smallest absolute Gasteiger partial charge is 0.191 e. The monoisotopic (exact) mass is 568 g/mol. The third-order valence-electron chi connectivity index (χ3n) is 5.25. The van der Waals surface area contributed by atoms with Crippen molar-refractivity contribution in [1.82, 2.24) is 15.5 Å². The van der Waals surface area contributed by atoms with Crippen LogP contribution in [0.2, 0.25) is 0 Å². The Hall–Kier alpha value is -1.27. The van der Waals surface area contributed by atoms with Crippen LogP contribution in [0.15, 0.2) is 23.2 Å². The molecule has 1 fully saturated rings. The molecule has 178 valence electrons. The van der Waals surface area contributed by atoms with Crippen molar-refractivity contribution in [3.8, 4) is 11.5 Å². The maximum Gasteiger partial charge on any atom is 0.191 e. The summed E-state index contributed by atoms with van der Waals surface area (Å²) in [5.74, 6) is 2.28. The number of benzene rings is 1. The van der Waals surface area contributed by atoms with Crippen LogP contribution in [-0.4, -0.2) is 76.7 Å². The van der Waals surface area contributed by atoms with Crippen molar-refractivity contribution in [3.05, 3.63) is 23.8 Å². The van der Waals surface area contributed by atoms with Crippen LogP contribution in [0.25, 0.3) is 0 Å². The van der Waals surface area contributed by atoms with Gasteiger partial charge >= 0.3 is 0 Å². The van der Waals surface area contributed by atoms with Crippen molar-refractivity contribution < 1.29 is 17.9 Å². The van der Waals surface area contributed by atoms with Crippen LogP contribution in [0.5, 0.6) is 11.5 Å². The summed E-state index contributed by atoms with van der Waals surface area (Å²) in [4.78, 5) is 6.60. The second-order valence-corrected chi connectivity index (χ2v) is 11.4. The van der Waals surface area contributed by atoms with Gasteiger partial charge in [0, 0.05) is 45.3 Å². The van der Waals surface area contributed by atoms with Gasteiger partial charge in [0.15, 0.2) is 15.8 Å². The zero-order valence-corrected chi connectivity index (χ0v) is 22.5. The normalized spacial score (nSPS) is 17.7. The maximum atomic E-state index is 12.2. The van der Waals surface area contributed by atoms with Crippen molar-refractivity contribution in [1.29, 1.82) is 0 Å². The summed E-state index contributed by atoms with van der Waals surface area (Å²) < 4.78 is 34.5. The largest absolute Gasteiger partial charge is 0.497 e. The molecule has 0 saturated carbocycles. The number of likely N-dealkylation sites (tertiary alicyclic amines) is 1. The predicted molar refractivity (Wildman–Crippen MR) is 137 cm³/mol. The summed E-state index contributed by atoms with van der Waals surface area (Å²) >= 11 is 0. The fourth-order valence-corrected chi connectivity index (χ4v) is 4.29. The molecule has 8 nitrogen and oxygen atoms in total. The van der Waals surface area contributed by atoms with Gasteiger partial charge in [-0.2, -0.15) is 0 Å². The number of methoxy groups -OCH3 is 2. The second-order valence-electron chi connectivity index (χ2n) is 8.52. The topological polar surface area (TPSA) is 92.3 Å². The van der Waals surface area contributed by atoms with Gasteiger partial charge in [0.2, 0.25) is 0 Å². The Kier molecular flexibility index (Phi) is 10.8. The standard InChI is InChI=1S/C21H36N4O4S.HI/c1-21(2,3)30(26,27)10-8-23-20(22-4)24-17-7-9-25(15-17)14-16-11-18(28-5)13-19(12-16)29-6;/h11-13,17H,7-10,14-15H2,1-6H3,(H2,22,23,24);1H. The molecule has 2 rings (SSSR count). The number of guanidine groups is 1. The van der Waals surface area contributed by atoms with E-state index < -0.39 is 14.6 Å². The summed E-state index contributed by atoms with van der Waals surface area (Å²) in [6.07, 6.45) is 0.988. The van der Waals surface area contributed by atoms with E-state index in [-0.39, 0.29) is 35.8 Å². The van der Waals surface area contributed by atoms with Crippen molar-refractivity contribution in [2.45, 2.75) is 44.5 Å². The third kappa shape index (κ3) is 8.30. The van der Waals surface area contributed by atoms with Crippen molar-refractivity contribution in [2.24, 2.45) is 4.99 Å². The minimum Gasteiger partial charge on any atom is -0.497 e. The lowest BCUT2D eigenvalue weighted by Gasteiger charge is -2.21. The highest BCUT2D eigenvalue weighted by molar-refractivity contribution is 14.0. The number of sulfone groups is 1. The molecule has 1 aromatic carbocycles. The minimum absolute atomic E-state index is 0. The number of nitrogens with one attached hydrogen (secondary N) is 2. The van der Waals surface area contributed by atoms with E-state index in [0.717, 1.165) is 43.1 Å². The van der Waals surface area contributed by atoms with Crippen LogP contribution in [0.3, 0.4) is 0 Å². The average molecular weight is 569 g/mol. The summed E-state index contributed by atoms with van der Waals surface area (Å²) in [5.41, 5.74) is 1.14. The molecule has 0 amide bonds. The number of aliphatic imine (C=N–C) groups is 1. The molecule has 1 aliphatic rings. The van der Waals surface area contributed by atoms with E-state index in [4.69, 9.17) is 9.47 Å². The molecule has 1 saturated heterocycles. The molecule has 1 aromatic rings. The Bertz CT molecular complexity index is 818. The third-order valence-corrected chi connectivity index (χ3v) is 7.86. The molecular formula is C21H37IN4O4S. The number of hydrogen-bond donors (Lipinski definition) is 2. The summed E-state index contributed by atoms with van der Waals surface area (Å²) in [6, 6.07) is 6.18. The zero-order valence-electron chi connectivity index (χ0n) is 19.4. The summed E-state index contributed by atoms with van der Waals surface area (Å²) in [7, 11) is 1.84. The van der Waals surface area contributed by atoms with Crippen LogP contribution in [-0.2, 0) is 16.4 Å². The van der Waals surface area contributed by atoms with Gasteiger partial charge < -0.3 is 20.1 Å². The Morgan fingerprint density at radius 1 is 1.19 bits per heavy atom. The van der Waals surface area contributed by atoms with Gasteiger partial charge in [0.05, 0.1) is 24.7 Å². The van der Waals surface area contributed by atoms with E-state index in [9.17, 15) is 8.42 Å². The van der Waals surface area contributed by atoms with Gasteiger partial charge in [-0.15, -0.1) is 24.0 Å². The lowest BCUT2D eigenvalue weighted by Crippen LogP contribution is -2.46. The molecule has 0 aliphatic carbocycles. The van der Waals surface area contributed by atoms with Crippen molar-refractivity contribution in [3.63, 3.8) is 0 Å². The van der Waals surface area contributed by atoms with Crippen LogP contribution in [0.1, 0.15) is 32.8 Å². The van der Waals surface area contributed by atoms with E-state index in [2.05, 4.69) is 20.5 Å². The van der Waals surface area contributed by atoms with Crippen LogP contribution in [0.4, 0.5) is 0 Å². The lowest BCUT2D eigenvalue weighted by molar-refractivity contribution is 0.321. The van der Waals surface area contributed by atoms with E-state index >= 15 is 0 Å². The minimum atomic E-state index is -3.16. The van der Waals surface area contributed by atoms with Gasteiger partial charge in [-0.3, -0.25) is 9.89 Å². The lowest BCUT2D eigenvalue weighted by atomic mass is 10.2. The predicted octanol–water partition coefficient (Wildman–Crippen LogP) is 2.27. The fraction of sp³-hybridized carbons (Fsp3) is 0.667.